The van der Waals surface area contributed by atoms with Gasteiger partial charge in [-0.1, -0.05) is 13.8 Å². The van der Waals surface area contributed by atoms with E-state index in [0.717, 1.165) is 28.9 Å². The van der Waals surface area contributed by atoms with Crippen LogP contribution in [-0.2, 0) is 6.42 Å². The fourth-order valence-electron chi connectivity index (χ4n) is 2.58. The topological polar surface area (TPSA) is 70.9 Å². The summed E-state index contributed by atoms with van der Waals surface area (Å²) < 4.78 is 0. The number of nitrogens with zero attached hydrogens (tertiary/aromatic N) is 3. The second kappa shape index (κ2) is 5.52. The Morgan fingerprint density at radius 3 is 2.67 bits per heavy atom. The molecule has 0 spiro atoms. The second-order valence-corrected chi connectivity index (χ2v) is 5.44. The number of fused-ring (bicyclic) bond motifs is 1. The Labute approximate surface area is 123 Å². The third-order valence-electron chi connectivity index (χ3n) is 3.58. The zero-order valence-corrected chi connectivity index (χ0v) is 12.2. The lowest BCUT2D eigenvalue weighted by Crippen LogP contribution is -2.13. The van der Waals surface area contributed by atoms with E-state index in [0.29, 0.717) is 18.1 Å². The summed E-state index contributed by atoms with van der Waals surface area (Å²) in [6, 6.07) is 3.72. The first-order valence-corrected chi connectivity index (χ1v) is 7.10. The van der Waals surface area contributed by atoms with Gasteiger partial charge in [-0.15, -0.1) is 0 Å². The minimum atomic E-state index is 0.229. The molecule has 0 saturated carbocycles. The molecule has 5 nitrogen and oxygen atoms in total. The molecular formula is C16H18N4O. The predicted octanol–water partition coefficient (Wildman–Crippen LogP) is 3.49. The van der Waals surface area contributed by atoms with E-state index in [1.807, 2.05) is 18.3 Å². The van der Waals surface area contributed by atoms with Gasteiger partial charge in [0.25, 0.3) is 0 Å². The maximum Gasteiger partial charge on any atom is 0.227 e. The number of aromatic nitrogens is 3. The largest absolute Gasteiger partial charge is 0.512 e. The molecule has 0 atom stereocenters. The van der Waals surface area contributed by atoms with Crippen molar-refractivity contribution in [3.05, 3.63) is 47.7 Å². The summed E-state index contributed by atoms with van der Waals surface area (Å²) in [7, 11) is 0. The molecule has 2 N–H and O–H groups in total. The van der Waals surface area contributed by atoms with Crippen molar-refractivity contribution in [1.29, 1.82) is 0 Å². The van der Waals surface area contributed by atoms with Crippen LogP contribution in [0.4, 0.5) is 11.6 Å². The first-order chi connectivity index (χ1) is 10.1. The quantitative estimate of drug-likeness (QED) is 0.901. The van der Waals surface area contributed by atoms with E-state index < -0.39 is 0 Å². The van der Waals surface area contributed by atoms with Gasteiger partial charge in [0.1, 0.15) is 0 Å². The van der Waals surface area contributed by atoms with E-state index in [2.05, 4.69) is 34.1 Å². The van der Waals surface area contributed by atoms with Gasteiger partial charge in [-0.05, 0) is 30.0 Å². The van der Waals surface area contributed by atoms with Crippen LogP contribution in [0.1, 0.15) is 31.5 Å². The van der Waals surface area contributed by atoms with Crippen molar-refractivity contribution in [1.82, 2.24) is 15.0 Å². The molecule has 0 amide bonds. The zero-order valence-electron chi connectivity index (χ0n) is 12.2. The Morgan fingerprint density at radius 1 is 1.19 bits per heavy atom. The Bertz CT molecular complexity index is 680. The van der Waals surface area contributed by atoms with Crippen LogP contribution >= 0.6 is 0 Å². The van der Waals surface area contributed by atoms with Crippen LogP contribution in [0.25, 0.3) is 5.57 Å². The highest BCUT2D eigenvalue weighted by atomic mass is 16.3. The number of aryl methyl sites for hydroxylation is 1. The highest BCUT2D eigenvalue weighted by Gasteiger charge is 2.23. The number of allylic oxidation sites excluding steroid dienone is 2. The highest BCUT2D eigenvalue weighted by Crippen LogP contribution is 2.34. The van der Waals surface area contributed by atoms with Crippen LogP contribution in [0.3, 0.4) is 0 Å². The van der Waals surface area contributed by atoms with Gasteiger partial charge in [-0.2, -0.15) is 0 Å². The third-order valence-corrected chi connectivity index (χ3v) is 3.58. The normalized spacial score (nSPS) is 14.2. The van der Waals surface area contributed by atoms with Crippen molar-refractivity contribution in [3.63, 3.8) is 0 Å². The number of anilines is 2. The zero-order chi connectivity index (χ0) is 14.8. The number of aliphatic hydroxyl groups excluding tert-OH is 1. The van der Waals surface area contributed by atoms with Crippen molar-refractivity contribution in [2.45, 2.75) is 26.7 Å². The van der Waals surface area contributed by atoms with Crippen LogP contribution in [0.2, 0.25) is 0 Å². The Hall–Kier alpha value is -2.43. The van der Waals surface area contributed by atoms with Gasteiger partial charge in [0.05, 0.1) is 11.5 Å². The van der Waals surface area contributed by atoms with Crippen LogP contribution in [0.15, 0.2) is 36.5 Å². The van der Waals surface area contributed by atoms with Crippen molar-refractivity contribution in [3.8, 4) is 0 Å². The van der Waals surface area contributed by atoms with Crippen LogP contribution in [0, 0.1) is 5.92 Å². The third kappa shape index (κ3) is 2.72. The summed E-state index contributed by atoms with van der Waals surface area (Å²) in [5.41, 5.74) is 3.77. The summed E-state index contributed by atoms with van der Waals surface area (Å²) in [5.74, 6) is 1.21. The minimum Gasteiger partial charge on any atom is -0.512 e. The minimum absolute atomic E-state index is 0.229. The van der Waals surface area contributed by atoms with Gasteiger partial charge in [0.15, 0.2) is 0 Å². The maximum atomic E-state index is 10.2. The molecule has 2 aromatic heterocycles. The number of nitrogens with one attached hydrogen (secondary N) is 1. The van der Waals surface area contributed by atoms with E-state index in [-0.39, 0.29) is 5.92 Å². The fourth-order valence-corrected chi connectivity index (χ4v) is 2.58. The molecule has 1 aliphatic rings. The van der Waals surface area contributed by atoms with Crippen LogP contribution in [-0.4, -0.2) is 20.1 Å². The Balaban J connectivity index is 1.98. The van der Waals surface area contributed by atoms with Crippen molar-refractivity contribution >= 4 is 17.2 Å². The maximum absolute atomic E-state index is 10.2. The molecule has 3 rings (SSSR count). The van der Waals surface area contributed by atoms with Gasteiger partial charge in [-0.25, -0.2) is 9.97 Å². The van der Waals surface area contributed by atoms with E-state index in [4.69, 9.17) is 0 Å². The first-order valence-electron chi connectivity index (χ1n) is 7.10. The molecule has 21 heavy (non-hydrogen) atoms. The lowest BCUT2D eigenvalue weighted by Gasteiger charge is -2.22. The average Bonchev–Trinajstić information content (AvgIpc) is 2.47. The number of pyridine rings is 1. The van der Waals surface area contributed by atoms with Crippen molar-refractivity contribution in [2.24, 2.45) is 5.92 Å². The van der Waals surface area contributed by atoms with Gasteiger partial charge in [-0.3, -0.25) is 4.98 Å². The van der Waals surface area contributed by atoms with Crippen LogP contribution < -0.4 is 5.32 Å². The molecule has 5 heteroatoms. The van der Waals surface area contributed by atoms with Crippen molar-refractivity contribution < 1.29 is 5.11 Å². The summed E-state index contributed by atoms with van der Waals surface area (Å²) in [5, 5.41) is 13.3. The molecule has 2 heterocycles. The highest BCUT2D eigenvalue weighted by molar-refractivity contribution is 5.71. The van der Waals surface area contributed by atoms with E-state index in [1.165, 1.54) is 0 Å². The van der Waals surface area contributed by atoms with Crippen molar-refractivity contribution in [2.75, 3.05) is 5.32 Å². The lowest BCUT2D eigenvalue weighted by molar-refractivity contribution is 0.383. The molecule has 2 aromatic rings. The molecule has 1 aliphatic carbocycles. The van der Waals surface area contributed by atoms with Gasteiger partial charge < -0.3 is 10.4 Å². The number of hydrogen-bond acceptors (Lipinski definition) is 5. The van der Waals surface area contributed by atoms with Gasteiger partial charge in [0, 0.05) is 36.3 Å². The predicted molar refractivity (Wildman–Crippen MR) is 82.3 cm³/mol. The molecule has 0 radical (unpaired) electrons. The SMILES string of the molecule is CC(C)C1=C(O)CCc2cnc(Nc3ccncc3)nc21. The van der Waals surface area contributed by atoms with Gasteiger partial charge in [0.2, 0.25) is 5.95 Å². The Kier molecular flexibility index (Phi) is 3.56. The molecule has 0 unspecified atom stereocenters. The number of hydrogen-bond donors (Lipinski definition) is 2. The van der Waals surface area contributed by atoms with Crippen LogP contribution in [0.5, 0.6) is 0 Å². The average molecular weight is 282 g/mol. The summed E-state index contributed by atoms with van der Waals surface area (Å²) in [6.45, 7) is 4.14. The smallest absolute Gasteiger partial charge is 0.227 e. The lowest BCUT2D eigenvalue weighted by atomic mass is 9.88. The molecular weight excluding hydrogens is 264 g/mol. The standard InChI is InChI=1S/C16H18N4O/c1-10(2)14-13(21)4-3-11-9-18-16(20-15(11)14)19-12-5-7-17-8-6-12/h5-10,21H,3-4H2,1-2H3,(H,17,18,19,20). The first kappa shape index (κ1) is 13.5. The van der Waals surface area contributed by atoms with Gasteiger partial charge >= 0.3 is 0 Å². The van der Waals surface area contributed by atoms with E-state index in [1.54, 1.807) is 12.4 Å². The second-order valence-electron chi connectivity index (χ2n) is 5.44. The summed E-state index contributed by atoms with van der Waals surface area (Å²) >= 11 is 0. The summed E-state index contributed by atoms with van der Waals surface area (Å²) in [4.78, 5) is 12.9. The number of aliphatic hydroxyl groups is 1. The molecule has 0 aliphatic heterocycles. The molecule has 0 fully saturated rings. The van der Waals surface area contributed by atoms with E-state index >= 15 is 0 Å². The van der Waals surface area contributed by atoms with E-state index in [9.17, 15) is 5.11 Å². The number of rotatable bonds is 3. The molecule has 0 aromatic carbocycles. The molecule has 108 valence electrons. The molecule has 0 saturated heterocycles. The molecule has 0 bridgehead atoms. The monoisotopic (exact) mass is 282 g/mol. The Morgan fingerprint density at radius 2 is 1.95 bits per heavy atom. The summed E-state index contributed by atoms with van der Waals surface area (Å²) in [6.07, 6.45) is 6.73. The fraction of sp³-hybridized carbons (Fsp3) is 0.312.